The highest BCUT2D eigenvalue weighted by Gasteiger charge is 2.25. The molecule has 1 aromatic rings. The van der Waals surface area contributed by atoms with Gasteiger partial charge in [0.1, 0.15) is 0 Å². The molecule has 0 atom stereocenters. The molecule has 1 fully saturated rings. The van der Waals surface area contributed by atoms with E-state index in [1.165, 1.54) is 12.4 Å². The lowest BCUT2D eigenvalue weighted by Gasteiger charge is -2.21. The SMILES string of the molecule is NC(=O)c1cnccc1C(=O)C1CCNCC1. The van der Waals surface area contributed by atoms with Crippen molar-refractivity contribution in [1.29, 1.82) is 0 Å². The van der Waals surface area contributed by atoms with E-state index in [0.29, 0.717) is 5.56 Å². The monoisotopic (exact) mass is 233 g/mol. The molecule has 17 heavy (non-hydrogen) atoms. The van der Waals surface area contributed by atoms with Crippen molar-refractivity contribution in [3.63, 3.8) is 0 Å². The second-order valence-corrected chi connectivity index (χ2v) is 4.17. The fourth-order valence-corrected chi connectivity index (χ4v) is 2.11. The number of amides is 1. The lowest BCUT2D eigenvalue weighted by molar-refractivity contribution is 0.0885. The van der Waals surface area contributed by atoms with Gasteiger partial charge in [0, 0.05) is 23.9 Å². The van der Waals surface area contributed by atoms with Gasteiger partial charge in [0.05, 0.1) is 5.56 Å². The minimum Gasteiger partial charge on any atom is -0.366 e. The van der Waals surface area contributed by atoms with Crippen LogP contribution in [-0.4, -0.2) is 29.8 Å². The van der Waals surface area contributed by atoms with Gasteiger partial charge < -0.3 is 11.1 Å². The molecular formula is C12H15N3O2. The molecule has 0 aromatic carbocycles. The average Bonchev–Trinajstić information content (AvgIpc) is 2.39. The molecule has 2 heterocycles. The van der Waals surface area contributed by atoms with Crippen molar-refractivity contribution in [3.05, 3.63) is 29.6 Å². The third kappa shape index (κ3) is 2.50. The zero-order chi connectivity index (χ0) is 12.3. The zero-order valence-electron chi connectivity index (χ0n) is 9.48. The fourth-order valence-electron chi connectivity index (χ4n) is 2.11. The van der Waals surface area contributed by atoms with Crippen molar-refractivity contribution >= 4 is 11.7 Å². The lowest BCUT2D eigenvalue weighted by Crippen LogP contribution is -2.32. The van der Waals surface area contributed by atoms with Crippen LogP contribution in [0.1, 0.15) is 33.6 Å². The number of pyridine rings is 1. The Bertz CT molecular complexity index is 439. The number of hydrogen-bond donors (Lipinski definition) is 2. The number of Topliss-reactive ketones (excluding diaryl/α,β-unsaturated/α-hetero) is 1. The van der Waals surface area contributed by atoms with Gasteiger partial charge in [0.2, 0.25) is 0 Å². The van der Waals surface area contributed by atoms with Crippen LogP contribution in [0, 0.1) is 5.92 Å². The molecule has 5 heteroatoms. The first-order valence-corrected chi connectivity index (χ1v) is 5.69. The van der Waals surface area contributed by atoms with E-state index in [9.17, 15) is 9.59 Å². The molecule has 2 rings (SSSR count). The first-order valence-electron chi connectivity index (χ1n) is 5.69. The van der Waals surface area contributed by atoms with Crippen LogP contribution in [0.15, 0.2) is 18.5 Å². The first-order chi connectivity index (χ1) is 8.20. The minimum atomic E-state index is -0.601. The summed E-state index contributed by atoms with van der Waals surface area (Å²) in [4.78, 5) is 27.3. The van der Waals surface area contributed by atoms with Crippen molar-refractivity contribution in [2.45, 2.75) is 12.8 Å². The molecule has 5 nitrogen and oxygen atoms in total. The second-order valence-electron chi connectivity index (χ2n) is 4.17. The number of carbonyl (C=O) groups is 2. The fraction of sp³-hybridized carbons (Fsp3) is 0.417. The maximum atomic E-state index is 12.3. The van der Waals surface area contributed by atoms with Crippen molar-refractivity contribution in [2.24, 2.45) is 11.7 Å². The third-order valence-corrected chi connectivity index (χ3v) is 3.06. The van der Waals surface area contributed by atoms with Gasteiger partial charge in [-0.25, -0.2) is 0 Å². The number of nitrogens with one attached hydrogen (secondary N) is 1. The molecular weight excluding hydrogens is 218 g/mol. The molecule has 0 spiro atoms. The quantitative estimate of drug-likeness (QED) is 0.738. The molecule has 3 N–H and O–H groups in total. The van der Waals surface area contributed by atoms with Crippen LogP contribution in [-0.2, 0) is 0 Å². The molecule has 1 aliphatic rings. The van der Waals surface area contributed by atoms with Crippen LogP contribution < -0.4 is 11.1 Å². The van der Waals surface area contributed by atoms with Crippen LogP contribution in [0.2, 0.25) is 0 Å². The summed E-state index contributed by atoms with van der Waals surface area (Å²) in [6.45, 7) is 1.68. The zero-order valence-corrected chi connectivity index (χ0v) is 9.48. The Morgan fingerprint density at radius 3 is 2.65 bits per heavy atom. The molecule has 1 aliphatic heterocycles. The number of hydrogen-bond acceptors (Lipinski definition) is 4. The van der Waals surface area contributed by atoms with Crippen LogP contribution in [0.3, 0.4) is 0 Å². The highest BCUT2D eigenvalue weighted by atomic mass is 16.1. The van der Waals surface area contributed by atoms with Gasteiger partial charge in [0.15, 0.2) is 5.78 Å². The third-order valence-electron chi connectivity index (χ3n) is 3.06. The Kier molecular flexibility index (Phi) is 3.49. The maximum absolute atomic E-state index is 12.3. The highest BCUT2D eigenvalue weighted by molar-refractivity contribution is 6.08. The van der Waals surface area contributed by atoms with E-state index < -0.39 is 5.91 Å². The predicted molar refractivity (Wildman–Crippen MR) is 62.7 cm³/mol. The first kappa shape index (κ1) is 11.7. The maximum Gasteiger partial charge on any atom is 0.251 e. The molecule has 0 bridgehead atoms. The summed E-state index contributed by atoms with van der Waals surface area (Å²) < 4.78 is 0. The molecule has 0 aliphatic carbocycles. The van der Waals surface area contributed by atoms with Crippen molar-refractivity contribution in [2.75, 3.05) is 13.1 Å². The van der Waals surface area contributed by atoms with Crippen molar-refractivity contribution < 1.29 is 9.59 Å². The number of primary amides is 1. The van der Waals surface area contributed by atoms with Crippen LogP contribution >= 0.6 is 0 Å². The lowest BCUT2D eigenvalue weighted by atomic mass is 9.88. The number of nitrogens with two attached hydrogens (primary N) is 1. The molecule has 0 unspecified atom stereocenters. The Hall–Kier alpha value is -1.75. The number of rotatable bonds is 3. The van der Waals surface area contributed by atoms with Gasteiger partial charge >= 0.3 is 0 Å². The Labute approximate surface area is 99.4 Å². The van der Waals surface area contributed by atoms with Gasteiger partial charge in [-0.3, -0.25) is 14.6 Å². The number of nitrogens with zero attached hydrogens (tertiary/aromatic N) is 1. The topological polar surface area (TPSA) is 85.1 Å². The van der Waals surface area contributed by atoms with Crippen molar-refractivity contribution in [1.82, 2.24) is 10.3 Å². The molecule has 1 aromatic heterocycles. The van der Waals surface area contributed by atoms with Gasteiger partial charge in [-0.2, -0.15) is 0 Å². The summed E-state index contributed by atoms with van der Waals surface area (Å²) in [6.07, 6.45) is 4.48. The van der Waals surface area contributed by atoms with E-state index in [0.717, 1.165) is 25.9 Å². The summed E-state index contributed by atoms with van der Waals surface area (Å²) in [7, 11) is 0. The molecule has 1 amide bonds. The van der Waals surface area contributed by atoms with Crippen LogP contribution in [0.5, 0.6) is 0 Å². The molecule has 0 radical (unpaired) electrons. The number of ketones is 1. The van der Waals surface area contributed by atoms with E-state index in [1.54, 1.807) is 6.07 Å². The molecule has 1 saturated heterocycles. The molecule has 0 saturated carbocycles. The Balaban J connectivity index is 2.26. The largest absolute Gasteiger partial charge is 0.366 e. The van der Waals surface area contributed by atoms with E-state index in [-0.39, 0.29) is 17.3 Å². The van der Waals surface area contributed by atoms with Crippen molar-refractivity contribution in [3.8, 4) is 0 Å². The normalized spacial score (nSPS) is 16.7. The highest BCUT2D eigenvalue weighted by Crippen LogP contribution is 2.19. The number of piperidine rings is 1. The van der Waals surface area contributed by atoms with Gasteiger partial charge in [-0.1, -0.05) is 0 Å². The van der Waals surface area contributed by atoms with Crippen LogP contribution in [0.25, 0.3) is 0 Å². The van der Waals surface area contributed by atoms with Gasteiger partial charge in [0.25, 0.3) is 5.91 Å². The Morgan fingerprint density at radius 2 is 2.00 bits per heavy atom. The van der Waals surface area contributed by atoms with Crippen LogP contribution in [0.4, 0.5) is 0 Å². The Morgan fingerprint density at radius 1 is 1.29 bits per heavy atom. The van der Waals surface area contributed by atoms with E-state index in [2.05, 4.69) is 10.3 Å². The number of aromatic nitrogens is 1. The van der Waals surface area contributed by atoms with E-state index in [4.69, 9.17) is 5.73 Å². The number of carbonyl (C=O) groups excluding carboxylic acids is 2. The van der Waals surface area contributed by atoms with Gasteiger partial charge in [-0.15, -0.1) is 0 Å². The second kappa shape index (κ2) is 5.05. The minimum absolute atomic E-state index is 0.00250. The summed E-state index contributed by atoms with van der Waals surface area (Å²) in [5.74, 6) is -0.616. The predicted octanol–water partition coefficient (Wildman–Crippen LogP) is 0.363. The summed E-state index contributed by atoms with van der Waals surface area (Å²) in [6, 6.07) is 1.57. The summed E-state index contributed by atoms with van der Waals surface area (Å²) in [5.41, 5.74) is 5.86. The average molecular weight is 233 g/mol. The summed E-state index contributed by atoms with van der Waals surface area (Å²) >= 11 is 0. The van der Waals surface area contributed by atoms with E-state index >= 15 is 0 Å². The van der Waals surface area contributed by atoms with E-state index in [1.807, 2.05) is 0 Å². The smallest absolute Gasteiger partial charge is 0.251 e. The standard InChI is InChI=1S/C12H15N3O2/c13-12(17)10-7-15-6-3-9(10)11(16)8-1-4-14-5-2-8/h3,6-8,14H,1-2,4-5H2,(H2,13,17). The molecule has 90 valence electrons. The van der Waals surface area contributed by atoms with Gasteiger partial charge in [-0.05, 0) is 32.0 Å². The summed E-state index contributed by atoms with van der Waals surface area (Å²) in [5, 5.41) is 3.20.